The lowest BCUT2D eigenvalue weighted by atomic mass is 9.92. The topological polar surface area (TPSA) is 96.2 Å². The smallest absolute Gasteiger partial charge is 0.229 e. The lowest BCUT2D eigenvalue weighted by Gasteiger charge is -2.23. The Morgan fingerprint density at radius 1 is 1.27 bits per heavy atom. The molecule has 33 heavy (non-hydrogen) atoms. The summed E-state index contributed by atoms with van der Waals surface area (Å²) >= 11 is 0. The first-order valence-corrected chi connectivity index (χ1v) is 11.2. The highest BCUT2D eigenvalue weighted by atomic mass is 19.1. The average Bonchev–Trinajstić information content (AvgIpc) is 3.30. The molecule has 2 atom stereocenters. The van der Waals surface area contributed by atoms with Crippen molar-refractivity contribution in [3.05, 3.63) is 83.4 Å². The molecule has 3 heterocycles. The third-order valence-electron chi connectivity index (χ3n) is 6.04. The zero-order valence-corrected chi connectivity index (χ0v) is 18.7. The molecule has 2 aromatic heterocycles. The monoisotopic (exact) mass is 448 g/mol. The second-order valence-corrected chi connectivity index (χ2v) is 8.26. The van der Waals surface area contributed by atoms with Gasteiger partial charge in [-0.05, 0) is 55.3 Å². The molecule has 8 heteroatoms. The minimum atomic E-state index is -0.680. The van der Waals surface area contributed by atoms with Crippen molar-refractivity contribution in [2.24, 2.45) is 5.73 Å². The fourth-order valence-electron chi connectivity index (χ4n) is 4.28. The van der Waals surface area contributed by atoms with Crippen LogP contribution in [0.15, 0.2) is 60.9 Å². The van der Waals surface area contributed by atoms with Crippen molar-refractivity contribution in [2.75, 3.05) is 36.9 Å². The first-order valence-electron chi connectivity index (χ1n) is 11.2. The van der Waals surface area contributed by atoms with Crippen LogP contribution in [0.5, 0.6) is 0 Å². The van der Waals surface area contributed by atoms with Crippen molar-refractivity contribution < 1.29 is 9.18 Å². The Bertz CT molecular complexity index is 1090. The van der Waals surface area contributed by atoms with Crippen LogP contribution in [0.2, 0.25) is 0 Å². The van der Waals surface area contributed by atoms with Gasteiger partial charge < -0.3 is 21.3 Å². The van der Waals surface area contributed by atoms with Gasteiger partial charge in [0.05, 0.1) is 5.92 Å². The van der Waals surface area contributed by atoms with Crippen LogP contribution in [0.3, 0.4) is 0 Å². The number of nitrogens with two attached hydrogens (primary N) is 1. The van der Waals surface area contributed by atoms with E-state index in [1.807, 2.05) is 31.3 Å². The minimum Gasteiger partial charge on any atom is -0.369 e. The van der Waals surface area contributed by atoms with Gasteiger partial charge in [0.15, 0.2) is 0 Å². The van der Waals surface area contributed by atoms with Gasteiger partial charge in [-0.15, -0.1) is 0 Å². The van der Waals surface area contributed by atoms with Gasteiger partial charge in [-0.25, -0.2) is 9.37 Å². The van der Waals surface area contributed by atoms with Crippen molar-refractivity contribution >= 4 is 17.5 Å². The molecule has 0 saturated carbocycles. The largest absolute Gasteiger partial charge is 0.369 e. The van der Waals surface area contributed by atoms with Crippen LogP contribution in [-0.2, 0) is 11.2 Å². The number of primary amides is 1. The van der Waals surface area contributed by atoms with Crippen molar-refractivity contribution in [1.82, 2.24) is 15.3 Å². The summed E-state index contributed by atoms with van der Waals surface area (Å²) in [7, 11) is 1.97. The maximum Gasteiger partial charge on any atom is 0.229 e. The third kappa shape index (κ3) is 5.46. The molecule has 1 fully saturated rings. The van der Waals surface area contributed by atoms with Crippen molar-refractivity contribution in [3.63, 3.8) is 0 Å². The number of rotatable bonds is 9. The van der Waals surface area contributed by atoms with Gasteiger partial charge in [0.2, 0.25) is 5.91 Å². The van der Waals surface area contributed by atoms with E-state index in [1.165, 1.54) is 12.1 Å². The number of benzene rings is 1. The lowest BCUT2D eigenvalue weighted by Crippen LogP contribution is -2.30. The number of halogens is 1. The Morgan fingerprint density at radius 2 is 2.15 bits per heavy atom. The van der Waals surface area contributed by atoms with E-state index in [2.05, 4.69) is 20.5 Å². The van der Waals surface area contributed by atoms with Crippen molar-refractivity contribution in [3.8, 4) is 0 Å². The van der Waals surface area contributed by atoms with Gasteiger partial charge in [-0.1, -0.05) is 24.3 Å². The molecule has 7 nitrogen and oxygen atoms in total. The Balaban J connectivity index is 1.63. The zero-order chi connectivity index (χ0) is 23.2. The van der Waals surface area contributed by atoms with Gasteiger partial charge in [-0.2, -0.15) is 0 Å². The first kappa shape index (κ1) is 22.7. The number of hydrogen-bond donors (Lipinski definition) is 3. The summed E-state index contributed by atoms with van der Waals surface area (Å²) in [4.78, 5) is 23.8. The number of amides is 1. The van der Waals surface area contributed by atoms with Crippen molar-refractivity contribution in [2.45, 2.75) is 24.8 Å². The van der Waals surface area contributed by atoms with E-state index in [-0.39, 0.29) is 5.82 Å². The molecular formula is C25H29FN6O. The van der Waals surface area contributed by atoms with Gasteiger partial charge in [0.1, 0.15) is 17.5 Å². The first-order chi connectivity index (χ1) is 16.0. The SMILES string of the molecule is CN[C@H]1CCN(c2ccc(C(C(N)=O)c3cccnc3)c(NCCc3cccc(F)c3)n2)C1. The standard InChI is InChI=1S/C25H29FN6O/c1-28-20-10-13-32(16-20)22-8-7-21(23(24(27)33)18-5-3-11-29-15-18)25(31-22)30-12-9-17-4-2-6-19(26)14-17/h2-8,11,14-15,20,23,28H,9-10,12-13,16H2,1H3,(H2,27,33)(H,30,31)/t20-,23?/m0/s1. The highest BCUT2D eigenvalue weighted by Gasteiger charge is 2.27. The van der Waals surface area contributed by atoms with Crippen LogP contribution >= 0.6 is 0 Å². The molecule has 0 radical (unpaired) electrons. The molecule has 1 aliphatic heterocycles. The molecule has 1 aromatic carbocycles. The summed E-state index contributed by atoms with van der Waals surface area (Å²) in [5.41, 5.74) is 8.11. The van der Waals surface area contributed by atoms with Gasteiger partial charge >= 0.3 is 0 Å². The maximum atomic E-state index is 13.5. The quantitative estimate of drug-likeness (QED) is 0.466. The Labute approximate surface area is 193 Å². The van der Waals surface area contributed by atoms with Crippen LogP contribution < -0.4 is 21.3 Å². The van der Waals surface area contributed by atoms with E-state index in [1.54, 1.807) is 24.5 Å². The summed E-state index contributed by atoms with van der Waals surface area (Å²) in [6.45, 7) is 2.31. The van der Waals surface area contributed by atoms with E-state index in [0.29, 0.717) is 36.0 Å². The van der Waals surface area contributed by atoms with Gasteiger partial charge in [-0.3, -0.25) is 9.78 Å². The molecule has 172 valence electrons. The zero-order valence-electron chi connectivity index (χ0n) is 18.7. The second-order valence-electron chi connectivity index (χ2n) is 8.26. The lowest BCUT2D eigenvalue weighted by molar-refractivity contribution is -0.118. The second kappa shape index (κ2) is 10.4. The molecule has 1 saturated heterocycles. The van der Waals surface area contributed by atoms with Gasteiger partial charge in [0.25, 0.3) is 0 Å². The van der Waals surface area contributed by atoms with E-state index >= 15 is 0 Å². The Hall–Kier alpha value is -3.52. The summed E-state index contributed by atoms with van der Waals surface area (Å²) in [5.74, 6) is 0.0399. The normalized spacial score (nSPS) is 16.5. The van der Waals surface area contributed by atoms with Crippen LogP contribution in [0, 0.1) is 5.82 Å². The Morgan fingerprint density at radius 3 is 2.85 bits per heavy atom. The minimum absolute atomic E-state index is 0.258. The molecular weight excluding hydrogens is 419 g/mol. The molecule has 1 aliphatic rings. The molecule has 0 spiro atoms. The van der Waals surface area contributed by atoms with Crippen LogP contribution in [0.4, 0.5) is 16.0 Å². The summed E-state index contributed by atoms with van der Waals surface area (Å²) in [6.07, 6.45) is 4.97. The molecule has 0 bridgehead atoms. The van der Waals surface area contributed by atoms with E-state index in [4.69, 9.17) is 10.7 Å². The molecule has 3 aromatic rings. The number of carbonyl (C=O) groups excluding carboxylic acids is 1. The third-order valence-corrected chi connectivity index (χ3v) is 6.04. The van der Waals surface area contributed by atoms with Gasteiger partial charge in [0, 0.05) is 43.6 Å². The molecule has 0 aliphatic carbocycles. The fourth-order valence-corrected chi connectivity index (χ4v) is 4.28. The molecule has 1 amide bonds. The maximum absolute atomic E-state index is 13.5. The average molecular weight is 449 g/mol. The number of nitrogens with one attached hydrogen (secondary N) is 2. The molecule has 1 unspecified atom stereocenters. The highest BCUT2D eigenvalue weighted by Crippen LogP contribution is 2.31. The van der Waals surface area contributed by atoms with E-state index < -0.39 is 11.8 Å². The number of pyridine rings is 2. The fraction of sp³-hybridized carbons (Fsp3) is 0.320. The summed E-state index contributed by atoms with van der Waals surface area (Å²) in [6, 6.07) is 14.4. The number of hydrogen-bond acceptors (Lipinski definition) is 6. The van der Waals surface area contributed by atoms with E-state index in [0.717, 1.165) is 30.9 Å². The van der Waals surface area contributed by atoms with Crippen LogP contribution in [-0.4, -0.2) is 48.6 Å². The number of nitrogens with zero attached hydrogens (tertiary/aromatic N) is 3. The van der Waals surface area contributed by atoms with Crippen LogP contribution in [0.1, 0.15) is 29.0 Å². The summed E-state index contributed by atoms with van der Waals surface area (Å²) < 4.78 is 13.5. The highest BCUT2D eigenvalue weighted by molar-refractivity contribution is 5.87. The number of likely N-dealkylation sites (N-methyl/N-ethyl adjacent to an activating group) is 1. The van der Waals surface area contributed by atoms with Crippen molar-refractivity contribution in [1.29, 1.82) is 0 Å². The predicted octanol–water partition coefficient (Wildman–Crippen LogP) is 2.69. The number of anilines is 2. The van der Waals surface area contributed by atoms with E-state index in [9.17, 15) is 9.18 Å². The number of aromatic nitrogens is 2. The number of carbonyl (C=O) groups is 1. The Kier molecular flexibility index (Phi) is 7.14. The molecule has 4 rings (SSSR count). The van der Waals surface area contributed by atoms with Crippen LogP contribution in [0.25, 0.3) is 0 Å². The predicted molar refractivity (Wildman–Crippen MR) is 128 cm³/mol. The molecule has 4 N–H and O–H groups in total. The summed E-state index contributed by atoms with van der Waals surface area (Å²) in [5, 5.41) is 6.69.